The summed E-state index contributed by atoms with van der Waals surface area (Å²) in [4.78, 5) is 0. The Hall–Kier alpha value is -0.870. The van der Waals surface area contributed by atoms with Crippen LogP contribution in [0.15, 0.2) is 18.2 Å². The van der Waals surface area contributed by atoms with Crippen LogP contribution in [0, 0.1) is 0 Å². The van der Waals surface area contributed by atoms with E-state index in [0.29, 0.717) is 6.42 Å². The van der Waals surface area contributed by atoms with Crippen molar-refractivity contribution in [2.75, 3.05) is 0 Å². The summed E-state index contributed by atoms with van der Waals surface area (Å²) in [5.41, 5.74) is 2.77. The van der Waals surface area contributed by atoms with Gasteiger partial charge in [-0.05, 0) is 29.5 Å². The molecule has 0 radical (unpaired) electrons. The summed E-state index contributed by atoms with van der Waals surface area (Å²) in [6, 6.07) is 5.50. The normalized spacial score (nSPS) is 20.0. The van der Waals surface area contributed by atoms with E-state index in [2.05, 4.69) is 0 Å². The molecule has 3 nitrogen and oxygen atoms in total. The van der Waals surface area contributed by atoms with Crippen LogP contribution in [0.1, 0.15) is 29.2 Å². The second kappa shape index (κ2) is 3.71. The minimum Gasteiger partial charge on any atom is -0.388 e. The molecule has 76 valence electrons. The van der Waals surface area contributed by atoms with Crippen molar-refractivity contribution in [2.45, 2.75) is 24.7 Å². The molecule has 0 saturated carbocycles. The third-order valence-corrected chi connectivity index (χ3v) is 3.23. The summed E-state index contributed by atoms with van der Waals surface area (Å²) >= 11 is 0. The van der Waals surface area contributed by atoms with Crippen molar-refractivity contribution in [3.63, 3.8) is 0 Å². The van der Waals surface area contributed by atoms with E-state index in [1.165, 1.54) is 0 Å². The first kappa shape index (κ1) is 9.68. The first-order valence-electron chi connectivity index (χ1n) is 4.59. The van der Waals surface area contributed by atoms with Gasteiger partial charge in [0.15, 0.2) is 0 Å². The molecular weight excluding hydrogens is 200 g/mol. The van der Waals surface area contributed by atoms with E-state index in [9.17, 15) is 13.5 Å². The number of fused-ring (bicyclic) bond motifs is 1. The van der Waals surface area contributed by atoms with E-state index in [0.717, 1.165) is 23.1 Å². The Kier molecular flexibility index (Phi) is 2.56. The number of hydrogen-bond donors (Lipinski definition) is 2. The van der Waals surface area contributed by atoms with Gasteiger partial charge in [0.05, 0.1) is 11.9 Å². The predicted molar refractivity (Wildman–Crippen MR) is 53.7 cm³/mol. The second-order valence-corrected chi connectivity index (χ2v) is 4.51. The first-order valence-corrected chi connectivity index (χ1v) is 5.95. The molecule has 0 fully saturated rings. The predicted octanol–water partition coefficient (Wildman–Crippen LogP) is 0.778. The molecule has 2 rings (SSSR count). The van der Waals surface area contributed by atoms with Crippen molar-refractivity contribution in [1.82, 2.24) is 0 Å². The zero-order chi connectivity index (χ0) is 10.1. The average molecular weight is 212 g/mol. The fourth-order valence-electron chi connectivity index (χ4n) is 2.00. The number of thiol groups is 1. The van der Waals surface area contributed by atoms with Crippen molar-refractivity contribution in [3.8, 4) is 0 Å². The summed E-state index contributed by atoms with van der Waals surface area (Å²) in [7, 11) is -2.38. The zero-order valence-electron chi connectivity index (χ0n) is 7.64. The lowest BCUT2D eigenvalue weighted by Crippen LogP contribution is -1.95. The van der Waals surface area contributed by atoms with Gasteiger partial charge in [-0.25, -0.2) is 8.42 Å². The van der Waals surface area contributed by atoms with E-state index in [-0.39, 0.29) is 5.75 Å². The van der Waals surface area contributed by atoms with Crippen LogP contribution in [0.3, 0.4) is 0 Å². The van der Waals surface area contributed by atoms with Crippen LogP contribution < -0.4 is 0 Å². The average Bonchev–Trinajstić information content (AvgIpc) is 2.49. The van der Waals surface area contributed by atoms with Gasteiger partial charge in [-0.3, -0.25) is 0 Å². The molecule has 0 bridgehead atoms. The van der Waals surface area contributed by atoms with Gasteiger partial charge in [0.1, 0.15) is 10.7 Å². The maximum absolute atomic E-state index is 10.6. The lowest BCUT2D eigenvalue weighted by Gasteiger charge is -2.06. The highest BCUT2D eigenvalue weighted by molar-refractivity contribution is 7.71. The topological polar surface area (TPSA) is 54.4 Å². The minimum absolute atomic E-state index is 0.0885. The van der Waals surface area contributed by atoms with Gasteiger partial charge in [-0.1, -0.05) is 18.2 Å². The molecule has 1 aromatic carbocycles. The molecule has 1 aliphatic rings. The van der Waals surface area contributed by atoms with Crippen molar-refractivity contribution in [1.29, 1.82) is 0 Å². The van der Waals surface area contributed by atoms with Gasteiger partial charge in [-0.2, -0.15) is 0 Å². The number of aliphatic hydroxyl groups excluding tert-OH is 1. The van der Waals surface area contributed by atoms with Crippen LogP contribution in [-0.2, 0) is 22.9 Å². The Balaban J connectivity index is 2.43. The molecule has 1 atom stereocenters. The van der Waals surface area contributed by atoms with E-state index in [1.54, 1.807) is 0 Å². The Labute approximate surface area is 84.3 Å². The standard InChI is InChI=1S/C10H12O3S/c11-10-5-4-8-7(6-14(12)13)2-1-3-9(8)10/h1-3,10-11,14H,4-6H2. The van der Waals surface area contributed by atoms with Gasteiger partial charge >= 0.3 is 0 Å². The molecule has 0 spiro atoms. The van der Waals surface area contributed by atoms with Gasteiger partial charge in [0.25, 0.3) is 0 Å². The van der Waals surface area contributed by atoms with Gasteiger partial charge in [-0.15, -0.1) is 0 Å². The zero-order valence-corrected chi connectivity index (χ0v) is 8.54. The smallest absolute Gasteiger partial charge is 0.144 e. The Morgan fingerprint density at radius 1 is 1.43 bits per heavy atom. The molecule has 14 heavy (non-hydrogen) atoms. The molecule has 0 heterocycles. The molecule has 1 aromatic rings. The van der Waals surface area contributed by atoms with Crippen molar-refractivity contribution >= 4 is 10.7 Å². The molecule has 4 heteroatoms. The summed E-state index contributed by atoms with van der Waals surface area (Å²) in [6.45, 7) is 0. The van der Waals surface area contributed by atoms with Crippen LogP contribution in [0.2, 0.25) is 0 Å². The molecule has 1 N–H and O–H groups in total. The highest BCUT2D eigenvalue weighted by Gasteiger charge is 2.22. The summed E-state index contributed by atoms with van der Waals surface area (Å²) in [6.07, 6.45) is 1.09. The van der Waals surface area contributed by atoms with Gasteiger partial charge < -0.3 is 5.11 Å². The number of benzene rings is 1. The van der Waals surface area contributed by atoms with Gasteiger partial charge in [0.2, 0.25) is 0 Å². The third kappa shape index (κ3) is 1.67. The van der Waals surface area contributed by atoms with Crippen LogP contribution in [0.4, 0.5) is 0 Å². The lowest BCUT2D eigenvalue weighted by molar-refractivity contribution is 0.180. The molecule has 0 saturated heterocycles. The molecule has 1 unspecified atom stereocenters. The SMILES string of the molecule is O=[SH](=O)Cc1cccc2c1CCC2O. The Morgan fingerprint density at radius 3 is 2.93 bits per heavy atom. The molecule has 0 aliphatic heterocycles. The minimum atomic E-state index is -2.38. The molecule has 0 amide bonds. The highest BCUT2D eigenvalue weighted by atomic mass is 32.2. The fourth-order valence-corrected chi connectivity index (χ4v) is 2.57. The molecular formula is C10H12O3S. The number of rotatable bonds is 2. The highest BCUT2D eigenvalue weighted by Crippen LogP contribution is 2.33. The van der Waals surface area contributed by atoms with E-state index in [1.807, 2.05) is 18.2 Å². The Bertz CT molecular complexity index is 415. The first-order chi connectivity index (χ1) is 6.68. The summed E-state index contributed by atoms with van der Waals surface area (Å²) in [5.74, 6) is 0.0885. The number of aliphatic hydroxyl groups is 1. The van der Waals surface area contributed by atoms with Crippen molar-refractivity contribution in [2.24, 2.45) is 0 Å². The monoisotopic (exact) mass is 212 g/mol. The molecule has 0 aromatic heterocycles. The van der Waals surface area contributed by atoms with Crippen molar-refractivity contribution < 1.29 is 13.5 Å². The largest absolute Gasteiger partial charge is 0.388 e. The van der Waals surface area contributed by atoms with Crippen molar-refractivity contribution in [3.05, 3.63) is 34.9 Å². The Morgan fingerprint density at radius 2 is 2.21 bits per heavy atom. The van der Waals surface area contributed by atoms with E-state index in [4.69, 9.17) is 0 Å². The molecule has 1 aliphatic carbocycles. The summed E-state index contributed by atoms with van der Waals surface area (Å²) < 4.78 is 21.2. The van der Waals surface area contributed by atoms with E-state index < -0.39 is 16.8 Å². The second-order valence-electron chi connectivity index (χ2n) is 3.53. The van der Waals surface area contributed by atoms with Gasteiger partial charge in [0, 0.05) is 0 Å². The summed E-state index contributed by atoms with van der Waals surface area (Å²) in [5, 5.41) is 9.59. The lowest BCUT2D eigenvalue weighted by atomic mass is 10.0. The fraction of sp³-hybridized carbons (Fsp3) is 0.400. The van der Waals surface area contributed by atoms with E-state index >= 15 is 0 Å². The van der Waals surface area contributed by atoms with Crippen LogP contribution in [-0.4, -0.2) is 13.5 Å². The quantitative estimate of drug-likeness (QED) is 0.712. The van der Waals surface area contributed by atoms with Crippen LogP contribution in [0.25, 0.3) is 0 Å². The number of hydrogen-bond acceptors (Lipinski definition) is 3. The van der Waals surface area contributed by atoms with Crippen LogP contribution in [0.5, 0.6) is 0 Å². The van der Waals surface area contributed by atoms with Crippen LogP contribution >= 0.6 is 0 Å². The maximum Gasteiger partial charge on any atom is 0.144 e. The third-order valence-electron chi connectivity index (χ3n) is 2.64. The maximum atomic E-state index is 10.6.